The van der Waals surface area contributed by atoms with Gasteiger partial charge in [-0.05, 0) is 96.1 Å². The Morgan fingerprint density at radius 2 is 0.906 bits per heavy atom. The third kappa shape index (κ3) is 8.74. The van der Waals surface area contributed by atoms with Gasteiger partial charge in [-0.25, -0.2) is 4.98 Å². The Balaban J connectivity index is 0.000000136. The van der Waals surface area contributed by atoms with Gasteiger partial charge in [0.2, 0.25) is 0 Å². The number of nitrogens with zero attached hydrogens (tertiary/aromatic N) is 6. The molecule has 10 heteroatoms. The van der Waals surface area contributed by atoms with E-state index in [0.29, 0.717) is 10.5 Å². The zero-order chi connectivity index (χ0) is 36.4. The first-order valence-electron chi connectivity index (χ1n) is 17.6. The summed E-state index contributed by atoms with van der Waals surface area (Å²) in [5, 5.41) is 16.1. The number of hydrogen-bond acceptors (Lipinski definition) is 7. The molecule has 0 radical (unpaired) electrons. The largest absolute Gasteiger partial charge is 0.504 e. The van der Waals surface area contributed by atoms with Crippen LogP contribution >= 0.6 is 23.2 Å². The van der Waals surface area contributed by atoms with Crippen LogP contribution in [0.4, 0.5) is 0 Å². The number of benzene rings is 3. The van der Waals surface area contributed by atoms with Crippen molar-refractivity contribution in [3.05, 3.63) is 130 Å². The molecule has 270 valence electrons. The molecular weight excluding hydrogens is 788 g/mol. The number of halogens is 2. The van der Waals surface area contributed by atoms with Crippen LogP contribution in [-0.4, -0.2) is 48.0 Å². The van der Waals surface area contributed by atoms with Crippen LogP contribution in [0.1, 0.15) is 47.7 Å². The van der Waals surface area contributed by atoms with E-state index in [2.05, 4.69) is 78.4 Å². The predicted molar refractivity (Wildman–Crippen MR) is 216 cm³/mol. The molecule has 0 bridgehead atoms. The fraction of sp³-hybridized carbons (Fsp3) is 0.233. The Labute approximate surface area is 332 Å². The summed E-state index contributed by atoms with van der Waals surface area (Å²) in [5.74, 6) is 0.00607. The maximum absolute atomic E-state index is 10.0. The van der Waals surface area contributed by atoms with E-state index in [1.54, 1.807) is 6.07 Å². The van der Waals surface area contributed by atoms with Crippen molar-refractivity contribution < 1.29 is 24.6 Å². The van der Waals surface area contributed by atoms with E-state index in [4.69, 9.17) is 23.2 Å². The van der Waals surface area contributed by atoms with Crippen molar-refractivity contribution in [2.45, 2.75) is 53.5 Å². The number of fused-ring (bicyclic) bond motifs is 7. The van der Waals surface area contributed by atoms with Gasteiger partial charge in [0.25, 0.3) is 0 Å². The summed E-state index contributed by atoms with van der Waals surface area (Å²) >= 11 is 12.1. The van der Waals surface area contributed by atoms with Gasteiger partial charge in [-0.3, -0.25) is 24.8 Å². The Morgan fingerprint density at radius 1 is 0.509 bits per heavy atom. The number of hydrogen-bond donors (Lipinski definition) is 1. The molecule has 0 atom stereocenters. The molecule has 7 nitrogen and oxygen atoms in total. The predicted octanol–water partition coefficient (Wildman–Crippen LogP) is 11.0. The molecule has 0 saturated carbocycles. The zero-order valence-electron chi connectivity index (χ0n) is 30.1. The number of pyridine rings is 5. The van der Waals surface area contributed by atoms with E-state index < -0.39 is 0 Å². The Morgan fingerprint density at radius 3 is 1.32 bits per heavy atom. The molecule has 8 aromatic rings. The molecule has 1 fully saturated rings. The Bertz CT molecular complexity index is 2350. The second-order valence-electron chi connectivity index (χ2n) is 13.5. The molecule has 1 N–H and O–H groups in total. The van der Waals surface area contributed by atoms with E-state index >= 15 is 0 Å². The molecule has 3 aromatic carbocycles. The smallest absolute Gasteiger partial charge is 0.160 e. The SMILES string of the molecule is Cc1ccc2ccc3ccc(C)nc3c2n1.Cc1ccc2ccc3ccc(C)nc3c2n1.Oc1c(Cl)cc(Cl)c2ccc(CN3CCCCC3)nc12.[Ru]. The van der Waals surface area contributed by atoms with Gasteiger partial charge in [0.15, 0.2) is 5.75 Å². The standard InChI is InChI=1S/C15H16Cl2N2O.2C14H12N2.Ru/c16-12-8-13(17)15(20)14-11(12)5-4-10(18-14)9-19-6-2-1-3-7-19;2*1-9-3-5-11-7-8-12-6-4-10(2)16-14(12)13(11)15-9;/h4-5,8,20H,1-3,6-7,9H2;2*3-8H,1-2H3;. The summed E-state index contributed by atoms with van der Waals surface area (Å²) in [7, 11) is 0. The van der Waals surface area contributed by atoms with Crippen LogP contribution in [0.5, 0.6) is 5.75 Å². The quantitative estimate of drug-likeness (QED) is 0.137. The van der Waals surface area contributed by atoms with Gasteiger partial charge in [-0.1, -0.05) is 78.2 Å². The van der Waals surface area contributed by atoms with Crippen LogP contribution in [0.3, 0.4) is 0 Å². The molecule has 0 amide bonds. The van der Waals surface area contributed by atoms with Gasteiger partial charge in [0.1, 0.15) is 5.52 Å². The molecule has 1 saturated heterocycles. The number of aromatic nitrogens is 5. The van der Waals surface area contributed by atoms with Crippen molar-refractivity contribution in [2.24, 2.45) is 0 Å². The molecule has 0 spiro atoms. The van der Waals surface area contributed by atoms with Crippen LogP contribution in [-0.2, 0) is 26.0 Å². The third-order valence-electron chi connectivity index (χ3n) is 9.34. The normalized spacial score (nSPS) is 13.0. The van der Waals surface area contributed by atoms with Crippen molar-refractivity contribution in [3.8, 4) is 5.75 Å². The molecule has 9 rings (SSSR count). The number of phenolic OH excluding ortho intramolecular Hbond substituents is 1. The first-order valence-corrected chi connectivity index (χ1v) is 18.3. The van der Waals surface area contributed by atoms with Crippen molar-refractivity contribution in [1.82, 2.24) is 29.8 Å². The average molecular weight is 829 g/mol. The minimum absolute atomic E-state index is 0. The number of likely N-dealkylation sites (tertiary alicyclic amines) is 1. The zero-order valence-corrected chi connectivity index (χ0v) is 33.4. The summed E-state index contributed by atoms with van der Waals surface area (Å²) in [6.45, 7) is 11.1. The number of aryl methyl sites for hydroxylation is 4. The molecule has 6 heterocycles. The number of piperidine rings is 1. The minimum Gasteiger partial charge on any atom is -0.504 e. The van der Waals surface area contributed by atoms with Crippen LogP contribution in [0.25, 0.3) is 54.5 Å². The number of rotatable bonds is 2. The summed E-state index contributed by atoms with van der Waals surface area (Å²) in [6, 6.07) is 30.3. The van der Waals surface area contributed by atoms with Crippen LogP contribution < -0.4 is 0 Å². The summed E-state index contributed by atoms with van der Waals surface area (Å²) in [5.41, 5.74) is 9.55. The van der Waals surface area contributed by atoms with Gasteiger partial charge in [-0.15, -0.1) is 0 Å². The monoisotopic (exact) mass is 828 g/mol. The minimum atomic E-state index is 0. The number of phenols is 1. The van der Waals surface area contributed by atoms with Crippen LogP contribution in [0.2, 0.25) is 10.0 Å². The first kappa shape index (κ1) is 38.4. The Kier molecular flexibility index (Phi) is 12.2. The summed E-state index contributed by atoms with van der Waals surface area (Å²) < 4.78 is 0. The van der Waals surface area contributed by atoms with E-state index in [1.165, 1.54) is 19.3 Å². The van der Waals surface area contributed by atoms with Gasteiger partial charge in [-0.2, -0.15) is 0 Å². The summed E-state index contributed by atoms with van der Waals surface area (Å²) in [4.78, 5) is 25.2. The van der Waals surface area contributed by atoms with Gasteiger partial charge >= 0.3 is 0 Å². The van der Waals surface area contributed by atoms with E-state index in [1.807, 2.05) is 64.1 Å². The maximum atomic E-state index is 10.0. The first-order chi connectivity index (χ1) is 25.1. The second kappa shape index (κ2) is 16.8. The van der Waals surface area contributed by atoms with Crippen molar-refractivity contribution in [1.29, 1.82) is 0 Å². The van der Waals surface area contributed by atoms with E-state index in [0.717, 1.165) is 97.1 Å². The molecule has 5 aromatic heterocycles. The topological polar surface area (TPSA) is 87.9 Å². The average Bonchev–Trinajstić information content (AvgIpc) is 3.15. The fourth-order valence-corrected chi connectivity index (χ4v) is 7.12. The molecule has 0 unspecified atom stereocenters. The fourth-order valence-electron chi connectivity index (χ4n) is 6.60. The molecule has 0 aliphatic carbocycles. The third-order valence-corrected chi connectivity index (χ3v) is 9.95. The second-order valence-corrected chi connectivity index (χ2v) is 14.3. The molecular formula is C43H40Cl2N6ORu. The summed E-state index contributed by atoms with van der Waals surface area (Å²) in [6.07, 6.45) is 3.81. The van der Waals surface area contributed by atoms with Gasteiger partial charge in [0.05, 0.1) is 37.8 Å². The van der Waals surface area contributed by atoms with Crippen molar-refractivity contribution in [2.75, 3.05) is 13.1 Å². The number of aromatic hydroxyl groups is 1. The van der Waals surface area contributed by atoms with Crippen molar-refractivity contribution >= 4 is 77.7 Å². The van der Waals surface area contributed by atoms with Gasteiger partial charge in [0, 0.05) is 75.7 Å². The van der Waals surface area contributed by atoms with Gasteiger partial charge < -0.3 is 5.11 Å². The van der Waals surface area contributed by atoms with Crippen molar-refractivity contribution in [3.63, 3.8) is 0 Å². The van der Waals surface area contributed by atoms with Crippen LogP contribution in [0, 0.1) is 27.7 Å². The molecule has 1 aliphatic heterocycles. The molecule has 1 aliphatic rings. The maximum Gasteiger partial charge on any atom is 0.160 e. The van der Waals surface area contributed by atoms with E-state index in [-0.39, 0.29) is 30.3 Å². The van der Waals surface area contributed by atoms with E-state index in [9.17, 15) is 5.11 Å². The van der Waals surface area contributed by atoms with Crippen LogP contribution in [0.15, 0.2) is 91.0 Å². The Hall–Kier alpha value is -4.33. The molecule has 53 heavy (non-hydrogen) atoms.